The standard InChI is InChI=1S/C12H20O2/c1-2-6-11-7-5-9-12(14-11)8-3-4-10-13-12/h2,11H,1,3-10H2. The highest BCUT2D eigenvalue weighted by Gasteiger charge is 2.38. The molecule has 1 spiro atoms. The molecule has 0 radical (unpaired) electrons. The molecule has 0 aliphatic carbocycles. The first-order valence-corrected chi connectivity index (χ1v) is 5.77. The molecule has 2 saturated heterocycles. The van der Waals surface area contributed by atoms with Crippen molar-refractivity contribution in [3.8, 4) is 0 Å². The Morgan fingerprint density at radius 1 is 1.29 bits per heavy atom. The van der Waals surface area contributed by atoms with Crippen LogP contribution in [-0.4, -0.2) is 18.5 Å². The molecule has 0 aromatic carbocycles. The molecule has 0 aromatic heterocycles. The summed E-state index contributed by atoms with van der Waals surface area (Å²) in [5.74, 6) is -0.218. The van der Waals surface area contributed by atoms with E-state index in [2.05, 4.69) is 6.58 Å². The molecule has 2 fully saturated rings. The van der Waals surface area contributed by atoms with Gasteiger partial charge in [-0.15, -0.1) is 6.58 Å². The van der Waals surface area contributed by atoms with Gasteiger partial charge in [0.25, 0.3) is 0 Å². The lowest BCUT2D eigenvalue weighted by atomic mass is 9.94. The monoisotopic (exact) mass is 196 g/mol. The highest BCUT2D eigenvalue weighted by atomic mass is 16.7. The van der Waals surface area contributed by atoms with E-state index in [4.69, 9.17) is 9.47 Å². The SMILES string of the molecule is C=CCC1CCCC2(CCCCO2)O1. The molecule has 2 nitrogen and oxygen atoms in total. The quantitative estimate of drug-likeness (QED) is 0.632. The lowest BCUT2D eigenvalue weighted by molar-refractivity contribution is -0.294. The molecule has 0 aromatic rings. The molecule has 0 amide bonds. The summed E-state index contributed by atoms with van der Waals surface area (Å²) in [4.78, 5) is 0. The first-order valence-electron chi connectivity index (χ1n) is 5.77. The van der Waals surface area contributed by atoms with Crippen LogP contribution in [0.5, 0.6) is 0 Å². The van der Waals surface area contributed by atoms with Crippen LogP contribution >= 0.6 is 0 Å². The Kier molecular flexibility index (Phi) is 3.24. The van der Waals surface area contributed by atoms with E-state index < -0.39 is 0 Å². The highest BCUT2D eigenvalue weighted by molar-refractivity contribution is 4.84. The van der Waals surface area contributed by atoms with Crippen molar-refractivity contribution >= 4 is 0 Å². The molecule has 2 aliphatic rings. The Bertz CT molecular complexity index is 189. The number of hydrogen-bond donors (Lipinski definition) is 0. The second-order valence-electron chi connectivity index (χ2n) is 4.37. The predicted octanol–water partition coefficient (Wildman–Crippen LogP) is 3.03. The molecule has 2 atom stereocenters. The van der Waals surface area contributed by atoms with Gasteiger partial charge in [0.2, 0.25) is 0 Å². The summed E-state index contributed by atoms with van der Waals surface area (Å²) in [6, 6.07) is 0. The summed E-state index contributed by atoms with van der Waals surface area (Å²) in [7, 11) is 0. The maximum absolute atomic E-state index is 6.06. The molecule has 0 N–H and O–H groups in total. The molecule has 80 valence electrons. The van der Waals surface area contributed by atoms with Gasteiger partial charge >= 0.3 is 0 Å². The van der Waals surface area contributed by atoms with Crippen LogP contribution in [0.25, 0.3) is 0 Å². The lowest BCUT2D eigenvalue weighted by Gasteiger charge is -2.43. The first kappa shape index (κ1) is 10.2. The molecule has 0 saturated carbocycles. The van der Waals surface area contributed by atoms with Crippen molar-refractivity contribution in [3.63, 3.8) is 0 Å². The fraction of sp³-hybridized carbons (Fsp3) is 0.833. The summed E-state index contributed by atoms with van der Waals surface area (Å²) in [5, 5.41) is 0. The smallest absolute Gasteiger partial charge is 0.168 e. The largest absolute Gasteiger partial charge is 0.350 e. The molecular weight excluding hydrogens is 176 g/mol. The Labute approximate surface area is 86.3 Å². The Morgan fingerprint density at radius 2 is 2.14 bits per heavy atom. The van der Waals surface area contributed by atoms with Crippen molar-refractivity contribution in [3.05, 3.63) is 12.7 Å². The van der Waals surface area contributed by atoms with E-state index in [1.165, 1.54) is 19.3 Å². The highest BCUT2D eigenvalue weighted by Crippen LogP contribution is 2.37. The van der Waals surface area contributed by atoms with Gasteiger partial charge in [-0.1, -0.05) is 6.08 Å². The van der Waals surface area contributed by atoms with Crippen LogP contribution < -0.4 is 0 Å². The molecule has 2 rings (SSSR count). The van der Waals surface area contributed by atoms with E-state index >= 15 is 0 Å². The van der Waals surface area contributed by atoms with E-state index in [1.807, 2.05) is 6.08 Å². The molecule has 2 heteroatoms. The second-order valence-corrected chi connectivity index (χ2v) is 4.37. The third kappa shape index (κ3) is 2.18. The molecule has 0 bridgehead atoms. The second kappa shape index (κ2) is 4.45. The van der Waals surface area contributed by atoms with Gasteiger partial charge in [-0.25, -0.2) is 0 Å². The van der Waals surface area contributed by atoms with E-state index in [9.17, 15) is 0 Å². The maximum atomic E-state index is 6.06. The van der Waals surface area contributed by atoms with E-state index in [0.717, 1.165) is 32.3 Å². The van der Waals surface area contributed by atoms with Crippen molar-refractivity contribution < 1.29 is 9.47 Å². The van der Waals surface area contributed by atoms with Gasteiger partial charge in [-0.3, -0.25) is 0 Å². The zero-order valence-electron chi connectivity index (χ0n) is 8.84. The van der Waals surface area contributed by atoms with Gasteiger partial charge in [0.1, 0.15) is 0 Å². The zero-order valence-corrected chi connectivity index (χ0v) is 8.84. The molecule has 2 heterocycles. The minimum atomic E-state index is -0.218. The van der Waals surface area contributed by atoms with Gasteiger partial charge < -0.3 is 9.47 Å². The fourth-order valence-electron chi connectivity index (χ4n) is 2.49. The fourth-order valence-corrected chi connectivity index (χ4v) is 2.49. The van der Waals surface area contributed by atoms with Gasteiger partial charge in [0.05, 0.1) is 12.7 Å². The Hall–Kier alpha value is -0.340. The summed E-state index contributed by atoms with van der Waals surface area (Å²) in [6.07, 6.45) is 10.3. The van der Waals surface area contributed by atoms with Gasteiger partial charge in [-0.05, 0) is 32.1 Å². The normalized spacial score (nSPS) is 38.4. The van der Waals surface area contributed by atoms with Crippen LogP contribution in [0.15, 0.2) is 12.7 Å². The minimum absolute atomic E-state index is 0.218. The van der Waals surface area contributed by atoms with Crippen molar-refractivity contribution in [2.24, 2.45) is 0 Å². The lowest BCUT2D eigenvalue weighted by Crippen LogP contribution is -2.45. The van der Waals surface area contributed by atoms with Crippen molar-refractivity contribution in [1.82, 2.24) is 0 Å². The van der Waals surface area contributed by atoms with E-state index in [-0.39, 0.29) is 5.79 Å². The zero-order chi connectivity index (χ0) is 9.86. The van der Waals surface area contributed by atoms with E-state index in [0.29, 0.717) is 6.10 Å². The third-order valence-corrected chi connectivity index (χ3v) is 3.21. The topological polar surface area (TPSA) is 18.5 Å². The molecule has 14 heavy (non-hydrogen) atoms. The summed E-state index contributed by atoms with van der Waals surface area (Å²) in [5.41, 5.74) is 0. The minimum Gasteiger partial charge on any atom is -0.350 e. The van der Waals surface area contributed by atoms with Gasteiger partial charge in [-0.2, -0.15) is 0 Å². The Morgan fingerprint density at radius 3 is 2.86 bits per heavy atom. The van der Waals surface area contributed by atoms with Crippen LogP contribution in [0.3, 0.4) is 0 Å². The average molecular weight is 196 g/mol. The third-order valence-electron chi connectivity index (χ3n) is 3.21. The van der Waals surface area contributed by atoms with Crippen LogP contribution in [0.1, 0.15) is 44.9 Å². The molecule has 2 aliphatic heterocycles. The first-order chi connectivity index (χ1) is 6.85. The van der Waals surface area contributed by atoms with Crippen LogP contribution in [-0.2, 0) is 9.47 Å². The van der Waals surface area contributed by atoms with Crippen molar-refractivity contribution in [2.45, 2.75) is 56.8 Å². The number of ether oxygens (including phenoxy) is 2. The van der Waals surface area contributed by atoms with E-state index in [1.54, 1.807) is 0 Å². The maximum Gasteiger partial charge on any atom is 0.168 e. The number of rotatable bonds is 2. The average Bonchev–Trinajstić information content (AvgIpc) is 2.19. The Balaban J connectivity index is 1.94. The number of hydrogen-bond acceptors (Lipinski definition) is 2. The van der Waals surface area contributed by atoms with Gasteiger partial charge in [0.15, 0.2) is 5.79 Å². The van der Waals surface area contributed by atoms with Gasteiger partial charge in [0, 0.05) is 12.8 Å². The molecular formula is C12H20O2. The van der Waals surface area contributed by atoms with Crippen molar-refractivity contribution in [1.29, 1.82) is 0 Å². The van der Waals surface area contributed by atoms with Crippen LogP contribution in [0.2, 0.25) is 0 Å². The van der Waals surface area contributed by atoms with Crippen molar-refractivity contribution in [2.75, 3.05) is 6.61 Å². The summed E-state index contributed by atoms with van der Waals surface area (Å²) < 4.78 is 11.9. The molecule has 2 unspecified atom stereocenters. The summed E-state index contributed by atoms with van der Waals surface area (Å²) in [6.45, 7) is 4.64. The van der Waals surface area contributed by atoms with Crippen LogP contribution in [0, 0.1) is 0 Å². The van der Waals surface area contributed by atoms with Crippen LogP contribution in [0.4, 0.5) is 0 Å². The summed E-state index contributed by atoms with van der Waals surface area (Å²) >= 11 is 0. The predicted molar refractivity (Wildman–Crippen MR) is 56.1 cm³/mol.